The number of rotatable bonds is 5. The molecule has 0 N–H and O–H groups in total. The number of nitrogens with zero attached hydrogens (tertiary/aromatic N) is 2. The fourth-order valence-electron chi connectivity index (χ4n) is 8.88. The van der Waals surface area contributed by atoms with Crippen LogP contribution in [0.25, 0.3) is 82.5 Å². The molecule has 1 unspecified atom stereocenters. The summed E-state index contributed by atoms with van der Waals surface area (Å²) in [6.45, 7) is 0. The predicted molar refractivity (Wildman–Crippen MR) is 229 cm³/mol. The van der Waals surface area contributed by atoms with Crippen molar-refractivity contribution in [3.8, 4) is 16.8 Å². The van der Waals surface area contributed by atoms with Gasteiger partial charge in [-0.15, -0.1) is 0 Å². The summed E-state index contributed by atoms with van der Waals surface area (Å²) < 4.78 is 4.93. The van der Waals surface area contributed by atoms with Gasteiger partial charge in [0.15, 0.2) is 0 Å². The number of hydrogen-bond donors (Lipinski definition) is 0. The number of aromatic nitrogens is 2. The first-order valence-electron chi connectivity index (χ1n) is 18.9. The lowest BCUT2D eigenvalue weighted by molar-refractivity contribution is 0.840. The Morgan fingerprint density at radius 1 is 0.389 bits per heavy atom. The van der Waals surface area contributed by atoms with Crippen LogP contribution in [-0.4, -0.2) is 9.13 Å². The summed E-state index contributed by atoms with van der Waals surface area (Å²) in [4.78, 5) is 0. The van der Waals surface area contributed by atoms with E-state index < -0.39 is 0 Å². The minimum absolute atomic E-state index is 0.278. The molecule has 1 atom stereocenters. The van der Waals surface area contributed by atoms with Crippen LogP contribution in [0.3, 0.4) is 0 Å². The largest absolute Gasteiger partial charge is 0.313 e. The number of allylic oxidation sites excluding steroid dienone is 4. The highest BCUT2D eigenvalue weighted by molar-refractivity contribution is 6.13. The third-order valence-corrected chi connectivity index (χ3v) is 11.4. The Morgan fingerprint density at radius 3 is 1.65 bits per heavy atom. The fourth-order valence-corrected chi connectivity index (χ4v) is 8.88. The van der Waals surface area contributed by atoms with Crippen molar-refractivity contribution in [3.05, 3.63) is 211 Å². The van der Waals surface area contributed by atoms with Gasteiger partial charge in [-0.2, -0.15) is 0 Å². The minimum Gasteiger partial charge on any atom is -0.313 e. The van der Waals surface area contributed by atoms with Crippen molar-refractivity contribution in [3.63, 3.8) is 0 Å². The van der Waals surface area contributed by atoms with Gasteiger partial charge < -0.3 is 9.13 Å². The average Bonchev–Trinajstić information content (AvgIpc) is 3.76. The molecule has 11 rings (SSSR count). The smallest absolute Gasteiger partial charge is 0.0541 e. The second-order valence-corrected chi connectivity index (χ2v) is 14.5. The molecule has 254 valence electrons. The molecule has 2 aromatic heterocycles. The van der Waals surface area contributed by atoms with E-state index in [1.54, 1.807) is 0 Å². The quantitative estimate of drug-likeness (QED) is 0.170. The van der Waals surface area contributed by atoms with Crippen LogP contribution in [0, 0.1) is 0 Å². The van der Waals surface area contributed by atoms with Crippen molar-refractivity contribution in [2.24, 2.45) is 0 Å². The third-order valence-electron chi connectivity index (χ3n) is 11.4. The summed E-state index contributed by atoms with van der Waals surface area (Å²) in [6, 6.07) is 68.9. The molecule has 0 bridgehead atoms. The molecule has 0 saturated carbocycles. The molecule has 10 aromatic rings. The maximum Gasteiger partial charge on any atom is 0.0541 e. The number of benzene rings is 8. The van der Waals surface area contributed by atoms with Crippen molar-refractivity contribution in [1.29, 1.82) is 0 Å². The molecular formula is C52H36N2. The van der Waals surface area contributed by atoms with Gasteiger partial charge in [0.1, 0.15) is 0 Å². The lowest BCUT2D eigenvalue weighted by Gasteiger charge is -2.24. The van der Waals surface area contributed by atoms with Crippen molar-refractivity contribution in [2.75, 3.05) is 0 Å². The minimum atomic E-state index is 0.278. The van der Waals surface area contributed by atoms with Crippen molar-refractivity contribution in [2.45, 2.75) is 12.3 Å². The second-order valence-electron chi connectivity index (χ2n) is 14.5. The van der Waals surface area contributed by atoms with Gasteiger partial charge in [0.05, 0.1) is 22.1 Å². The summed E-state index contributed by atoms with van der Waals surface area (Å²) in [5.41, 5.74) is 13.7. The van der Waals surface area contributed by atoms with Crippen LogP contribution in [-0.2, 0) is 0 Å². The Bertz CT molecular complexity index is 3120. The molecule has 1 aliphatic carbocycles. The summed E-state index contributed by atoms with van der Waals surface area (Å²) in [5, 5.41) is 7.57. The molecule has 0 saturated heterocycles. The van der Waals surface area contributed by atoms with Gasteiger partial charge >= 0.3 is 0 Å². The Labute approximate surface area is 314 Å². The SMILES string of the molecule is C1=C(c2ccccc2)C=C(n2c3ccccc3c3cc(-c4ccc5c(c4)c4ccccc4n5-c4ccc5ccccc5c4)ccc32)CC1c1ccccc1. The normalized spacial score (nSPS) is 14.6. The van der Waals surface area contributed by atoms with E-state index in [-0.39, 0.29) is 5.92 Å². The van der Waals surface area contributed by atoms with Gasteiger partial charge in [0.25, 0.3) is 0 Å². The molecule has 2 heteroatoms. The lowest BCUT2D eigenvalue weighted by atomic mass is 9.85. The zero-order valence-corrected chi connectivity index (χ0v) is 29.7. The number of hydrogen-bond acceptors (Lipinski definition) is 0. The summed E-state index contributed by atoms with van der Waals surface area (Å²) in [7, 11) is 0. The molecule has 0 spiro atoms. The first kappa shape index (κ1) is 30.7. The van der Waals surface area contributed by atoms with E-state index in [9.17, 15) is 0 Å². The van der Waals surface area contributed by atoms with Gasteiger partial charge in [0, 0.05) is 38.8 Å². The van der Waals surface area contributed by atoms with Gasteiger partial charge in [-0.05, 0) is 99.6 Å². The first-order valence-corrected chi connectivity index (χ1v) is 18.9. The standard InChI is InChI=1S/C52H36N2/c1-3-13-35(14-4-1)41-29-42(36-15-5-2-6-16-36)32-44(31-41)54-50-22-12-10-20-46(50)48-34-40(25-28-52(48)54)39-24-27-51-47(33-39)45-19-9-11-21-49(45)53(51)43-26-23-37-17-7-8-18-38(37)30-43/h1-31,33-34,42H,32H2. The summed E-state index contributed by atoms with van der Waals surface area (Å²) >= 11 is 0. The van der Waals surface area contributed by atoms with E-state index in [1.165, 1.54) is 93.6 Å². The van der Waals surface area contributed by atoms with Crippen LogP contribution < -0.4 is 0 Å². The van der Waals surface area contributed by atoms with Crippen molar-refractivity contribution in [1.82, 2.24) is 9.13 Å². The van der Waals surface area contributed by atoms with Crippen LogP contribution in [0.4, 0.5) is 0 Å². The van der Waals surface area contributed by atoms with E-state index in [1.807, 2.05) is 0 Å². The van der Waals surface area contributed by atoms with E-state index in [2.05, 4.69) is 209 Å². The maximum atomic E-state index is 2.51. The van der Waals surface area contributed by atoms with Crippen LogP contribution in [0.2, 0.25) is 0 Å². The van der Waals surface area contributed by atoms with E-state index in [4.69, 9.17) is 0 Å². The second kappa shape index (κ2) is 12.4. The van der Waals surface area contributed by atoms with Crippen molar-refractivity contribution < 1.29 is 0 Å². The molecular weight excluding hydrogens is 653 g/mol. The van der Waals surface area contributed by atoms with E-state index >= 15 is 0 Å². The number of para-hydroxylation sites is 2. The average molecular weight is 689 g/mol. The Balaban J connectivity index is 1.06. The van der Waals surface area contributed by atoms with Gasteiger partial charge in [-0.1, -0.05) is 146 Å². The molecule has 0 fully saturated rings. The van der Waals surface area contributed by atoms with Gasteiger partial charge in [-0.25, -0.2) is 0 Å². The van der Waals surface area contributed by atoms with E-state index in [0.29, 0.717) is 0 Å². The summed E-state index contributed by atoms with van der Waals surface area (Å²) in [6.07, 6.45) is 5.79. The van der Waals surface area contributed by atoms with Crippen LogP contribution in [0.1, 0.15) is 23.5 Å². The molecule has 54 heavy (non-hydrogen) atoms. The molecule has 0 aliphatic heterocycles. The fraction of sp³-hybridized carbons (Fsp3) is 0.0385. The number of fused-ring (bicyclic) bond motifs is 7. The zero-order valence-electron chi connectivity index (χ0n) is 29.7. The molecule has 1 aliphatic rings. The van der Waals surface area contributed by atoms with Crippen LogP contribution in [0.15, 0.2) is 200 Å². The zero-order chi connectivity index (χ0) is 35.6. The van der Waals surface area contributed by atoms with Crippen LogP contribution in [0.5, 0.6) is 0 Å². The molecule has 2 nitrogen and oxygen atoms in total. The Hall–Kier alpha value is -6.90. The molecule has 2 heterocycles. The first-order chi connectivity index (χ1) is 26.8. The van der Waals surface area contributed by atoms with Crippen molar-refractivity contribution >= 4 is 65.7 Å². The highest BCUT2D eigenvalue weighted by atomic mass is 15.0. The molecule has 8 aromatic carbocycles. The monoisotopic (exact) mass is 688 g/mol. The van der Waals surface area contributed by atoms with Gasteiger partial charge in [-0.3, -0.25) is 0 Å². The van der Waals surface area contributed by atoms with E-state index in [0.717, 1.165) is 6.42 Å². The lowest BCUT2D eigenvalue weighted by Crippen LogP contribution is -2.08. The molecule has 0 radical (unpaired) electrons. The predicted octanol–water partition coefficient (Wildman–Crippen LogP) is 13.8. The third kappa shape index (κ3) is 4.95. The topological polar surface area (TPSA) is 9.86 Å². The summed E-state index contributed by atoms with van der Waals surface area (Å²) in [5.74, 6) is 0.278. The Kier molecular flexibility index (Phi) is 7.03. The Morgan fingerprint density at radius 2 is 0.944 bits per heavy atom. The van der Waals surface area contributed by atoms with Crippen LogP contribution >= 0.6 is 0 Å². The molecule has 0 amide bonds. The highest BCUT2D eigenvalue weighted by Gasteiger charge is 2.23. The van der Waals surface area contributed by atoms with Gasteiger partial charge in [0.2, 0.25) is 0 Å². The highest BCUT2D eigenvalue weighted by Crippen LogP contribution is 2.42. The maximum absolute atomic E-state index is 2.51.